The maximum Gasteiger partial charge on any atom is 0.343 e. The van der Waals surface area contributed by atoms with Crippen LogP contribution in [0.15, 0.2) is 28.7 Å². The molecule has 0 bridgehead atoms. The predicted octanol–water partition coefficient (Wildman–Crippen LogP) is 3.54. The monoisotopic (exact) mass is 318 g/mol. The molecule has 0 fully saturated rings. The zero-order valence-electron chi connectivity index (χ0n) is 7.42. The Labute approximate surface area is 98.9 Å². The minimum Gasteiger partial charge on any atom is -0.477 e. The van der Waals surface area contributed by atoms with Gasteiger partial charge in [-0.05, 0) is 44.3 Å². The van der Waals surface area contributed by atoms with E-state index in [1.165, 1.54) is 0 Å². The van der Waals surface area contributed by atoms with Crippen molar-refractivity contribution in [1.29, 1.82) is 0 Å². The summed E-state index contributed by atoms with van der Waals surface area (Å²) in [5, 5.41) is 8.73. The van der Waals surface area contributed by atoms with Crippen molar-refractivity contribution in [3.63, 3.8) is 0 Å². The van der Waals surface area contributed by atoms with Crippen LogP contribution in [0.2, 0.25) is 0 Å². The standard InChI is InChI=1S/C10H8Br2O2/c1-6-2-4-7(5-3-6)8(11)9(12)10(13)14/h2-5H,1H3,(H,13,14). The number of halogens is 2. The maximum absolute atomic E-state index is 10.6. The fraction of sp³-hybridized carbons (Fsp3) is 0.100. The number of carboxylic acids is 1. The van der Waals surface area contributed by atoms with Gasteiger partial charge in [0.2, 0.25) is 0 Å². The first-order valence-corrected chi connectivity index (χ1v) is 5.46. The molecular formula is C10H8Br2O2. The van der Waals surface area contributed by atoms with Gasteiger partial charge in [0.1, 0.15) is 4.48 Å². The minimum atomic E-state index is -0.988. The number of hydrogen-bond acceptors (Lipinski definition) is 1. The van der Waals surface area contributed by atoms with Crippen LogP contribution >= 0.6 is 31.9 Å². The van der Waals surface area contributed by atoms with Crippen molar-refractivity contribution in [2.45, 2.75) is 6.92 Å². The average molecular weight is 320 g/mol. The van der Waals surface area contributed by atoms with Gasteiger partial charge < -0.3 is 5.11 Å². The number of rotatable bonds is 2. The van der Waals surface area contributed by atoms with E-state index in [1.54, 1.807) is 0 Å². The molecule has 0 aliphatic rings. The quantitative estimate of drug-likeness (QED) is 0.847. The Morgan fingerprint density at radius 1 is 1.21 bits per heavy atom. The summed E-state index contributed by atoms with van der Waals surface area (Å²) in [6.45, 7) is 1.98. The second-order valence-electron chi connectivity index (χ2n) is 2.80. The van der Waals surface area contributed by atoms with Crippen LogP contribution in [-0.2, 0) is 4.79 Å². The number of carboxylic acid groups (broad SMARTS) is 1. The molecule has 74 valence electrons. The van der Waals surface area contributed by atoms with E-state index < -0.39 is 5.97 Å². The zero-order chi connectivity index (χ0) is 10.7. The van der Waals surface area contributed by atoms with Crippen LogP contribution in [0.3, 0.4) is 0 Å². The van der Waals surface area contributed by atoms with Gasteiger partial charge in [-0.2, -0.15) is 0 Å². The Kier molecular flexibility index (Phi) is 3.89. The SMILES string of the molecule is Cc1ccc(C(Br)=C(Br)C(=O)O)cc1. The molecule has 0 heterocycles. The molecular weight excluding hydrogens is 312 g/mol. The van der Waals surface area contributed by atoms with Crippen molar-refractivity contribution in [2.75, 3.05) is 0 Å². The number of aryl methyl sites for hydroxylation is 1. The van der Waals surface area contributed by atoms with Crippen LogP contribution in [0.1, 0.15) is 11.1 Å². The summed E-state index contributed by atoms with van der Waals surface area (Å²) in [7, 11) is 0. The molecule has 0 aliphatic heterocycles. The third-order valence-corrected chi connectivity index (χ3v) is 3.81. The Balaban J connectivity index is 3.12. The summed E-state index contributed by atoms with van der Waals surface area (Å²) in [5.74, 6) is -0.988. The van der Waals surface area contributed by atoms with Crippen LogP contribution in [0.25, 0.3) is 4.48 Å². The zero-order valence-corrected chi connectivity index (χ0v) is 10.6. The third kappa shape index (κ3) is 2.69. The number of aliphatic carboxylic acids is 1. The van der Waals surface area contributed by atoms with Gasteiger partial charge >= 0.3 is 5.97 Å². The van der Waals surface area contributed by atoms with Gasteiger partial charge in [-0.3, -0.25) is 0 Å². The molecule has 2 nitrogen and oxygen atoms in total. The average Bonchev–Trinajstić information content (AvgIpc) is 2.16. The maximum atomic E-state index is 10.6. The van der Waals surface area contributed by atoms with Crippen LogP contribution in [-0.4, -0.2) is 11.1 Å². The second kappa shape index (κ2) is 4.75. The van der Waals surface area contributed by atoms with E-state index in [2.05, 4.69) is 31.9 Å². The van der Waals surface area contributed by atoms with Gasteiger partial charge in [0.25, 0.3) is 0 Å². The molecule has 14 heavy (non-hydrogen) atoms. The molecule has 0 amide bonds. The highest BCUT2D eigenvalue weighted by atomic mass is 79.9. The first-order valence-electron chi connectivity index (χ1n) is 3.88. The molecule has 0 spiro atoms. The summed E-state index contributed by atoms with van der Waals surface area (Å²) in [6, 6.07) is 7.59. The lowest BCUT2D eigenvalue weighted by atomic mass is 10.1. The first kappa shape index (κ1) is 11.5. The topological polar surface area (TPSA) is 37.3 Å². The molecule has 1 aromatic rings. The highest BCUT2D eigenvalue weighted by molar-refractivity contribution is 9.16. The van der Waals surface area contributed by atoms with Crippen molar-refractivity contribution < 1.29 is 9.90 Å². The molecule has 1 rings (SSSR count). The van der Waals surface area contributed by atoms with Gasteiger partial charge in [-0.25, -0.2) is 4.79 Å². The largest absolute Gasteiger partial charge is 0.477 e. The smallest absolute Gasteiger partial charge is 0.343 e. The van der Waals surface area contributed by atoms with E-state index in [-0.39, 0.29) is 4.48 Å². The van der Waals surface area contributed by atoms with Gasteiger partial charge in [-0.15, -0.1) is 0 Å². The van der Waals surface area contributed by atoms with E-state index in [0.29, 0.717) is 4.48 Å². The normalized spacial score (nSPS) is 12.2. The lowest BCUT2D eigenvalue weighted by molar-refractivity contribution is -0.131. The molecule has 0 unspecified atom stereocenters. The Morgan fingerprint density at radius 2 is 1.71 bits per heavy atom. The van der Waals surface area contributed by atoms with Crippen molar-refractivity contribution in [1.82, 2.24) is 0 Å². The van der Waals surface area contributed by atoms with Gasteiger partial charge in [0.15, 0.2) is 0 Å². The van der Waals surface area contributed by atoms with Gasteiger partial charge in [0, 0.05) is 4.48 Å². The van der Waals surface area contributed by atoms with Crippen molar-refractivity contribution in [2.24, 2.45) is 0 Å². The number of carbonyl (C=O) groups is 1. The first-order chi connectivity index (χ1) is 6.52. The summed E-state index contributed by atoms with van der Waals surface area (Å²) < 4.78 is 0.673. The lowest BCUT2D eigenvalue weighted by Gasteiger charge is -2.01. The molecule has 4 heteroatoms. The van der Waals surface area contributed by atoms with Gasteiger partial charge in [-0.1, -0.05) is 29.8 Å². The van der Waals surface area contributed by atoms with E-state index in [4.69, 9.17) is 5.11 Å². The molecule has 1 aromatic carbocycles. The summed E-state index contributed by atoms with van der Waals surface area (Å²) >= 11 is 6.22. The van der Waals surface area contributed by atoms with E-state index in [0.717, 1.165) is 11.1 Å². The van der Waals surface area contributed by atoms with Crippen LogP contribution < -0.4 is 0 Å². The van der Waals surface area contributed by atoms with Crippen LogP contribution in [0, 0.1) is 6.92 Å². The van der Waals surface area contributed by atoms with E-state index >= 15 is 0 Å². The molecule has 0 aromatic heterocycles. The highest BCUT2D eigenvalue weighted by Gasteiger charge is 2.10. The molecule has 0 radical (unpaired) electrons. The minimum absolute atomic E-state index is 0.126. The van der Waals surface area contributed by atoms with E-state index in [1.807, 2.05) is 31.2 Å². The third-order valence-electron chi connectivity index (χ3n) is 1.69. The summed E-state index contributed by atoms with van der Waals surface area (Å²) in [4.78, 5) is 10.6. The summed E-state index contributed by atoms with van der Waals surface area (Å²) in [5.41, 5.74) is 1.98. The molecule has 0 aliphatic carbocycles. The molecule has 0 saturated heterocycles. The number of benzene rings is 1. The van der Waals surface area contributed by atoms with Crippen LogP contribution in [0.4, 0.5) is 0 Å². The second-order valence-corrected chi connectivity index (χ2v) is 4.39. The lowest BCUT2D eigenvalue weighted by Crippen LogP contribution is -1.95. The van der Waals surface area contributed by atoms with Crippen LogP contribution in [0.5, 0.6) is 0 Å². The molecule has 1 N–H and O–H groups in total. The predicted molar refractivity (Wildman–Crippen MR) is 63.6 cm³/mol. The highest BCUT2D eigenvalue weighted by Crippen LogP contribution is 2.28. The Morgan fingerprint density at radius 3 is 2.14 bits per heavy atom. The van der Waals surface area contributed by atoms with E-state index in [9.17, 15) is 4.79 Å². The Hall–Kier alpha value is -0.610. The Bertz CT molecular complexity index is 380. The van der Waals surface area contributed by atoms with Crippen molar-refractivity contribution >= 4 is 42.3 Å². The van der Waals surface area contributed by atoms with Gasteiger partial charge in [0.05, 0.1) is 0 Å². The fourth-order valence-corrected chi connectivity index (χ4v) is 1.58. The summed E-state index contributed by atoms with van der Waals surface area (Å²) in [6.07, 6.45) is 0. The van der Waals surface area contributed by atoms with Crippen molar-refractivity contribution in [3.05, 3.63) is 39.9 Å². The molecule has 0 atom stereocenters. The number of hydrogen-bond donors (Lipinski definition) is 1. The molecule has 0 saturated carbocycles. The fourth-order valence-electron chi connectivity index (χ4n) is 0.920. The van der Waals surface area contributed by atoms with Crippen molar-refractivity contribution in [3.8, 4) is 0 Å².